The second-order valence-electron chi connectivity index (χ2n) is 6.63. The van der Waals surface area contributed by atoms with Crippen LogP contribution in [0, 0.1) is 5.92 Å². The minimum Gasteiger partial charge on any atom is -0.335 e. The molecule has 0 aromatic carbocycles. The zero-order chi connectivity index (χ0) is 13.8. The van der Waals surface area contributed by atoms with Gasteiger partial charge < -0.3 is 10.2 Å². The Morgan fingerprint density at radius 1 is 1.44 bits per heavy atom. The van der Waals surface area contributed by atoms with Crippen molar-refractivity contribution in [2.24, 2.45) is 5.92 Å². The van der Waals surface area contributed by atoms with Gasteiger partial charge in [0.15, 0.2) is 0 Å². The fourth-order valence-corrected chi connectivity index (χ4v) is 2.65. The predicted octanol–water partition coefficient (Wildman–Crippen LogP) is 2.80. The van der Waals surface area contributed by atoms with E-state index in [-0.39, 0.29) is 5.54 Å². The van der Waals surface area contributed by atoms with E-state index in [9.17, 15) is 4.79 Å². The number of hydrogen-bond acceptors (Lipinski definition) is 2. The van der Waals surface area contributed by atoms with Gasteiger partial charge in [-0.1, -0.05) is 27.2 Å². The van der Waals surface area contributed by atoms with E-state index in [0.29, 0.717) is 24.3 Å². The van der Waals surface area contributed by atoms with E-state index < -0.39 is 0 Å². The number of unbranched alkanes of at least 4 members (excludes halogenated alkanes) is 1. The molecule has 0 aromatic heterocycles. The number of amides is 1. The summed E-state index contributed by atoms with van der Waals surface area (Å²) in [5, 5.41) is 3.59. The third kappa shape index (κ3) is 4.27. The summed E-state index contributed by atoms with van der Waals surface area (Å²) in [6.07, 6.45) is 3.95. The van der Waals surface area contributed by atoms with Gasteiger partial charge >= 0.3 is 0 Å². The van der Waals surface area contributed by atoms with Crippen molar-refractivity contribution in [3.8, 4) is 0 Å². The molecule has 0 spiro atoms. The summed E-state index contributed by atoms with van der Waals surface area (Å²) in [7, 11) is 0. The Balaban J connectivity index is 2.62. The Kier molecular flexibility index (Phi) is 5.64. The van der Waals surface area contributed by atoms with E-state index in [2.05, 4.69) is 44.8 Å². The largest absolute Gasteiger partial charge is 0.335 e. The van der Waals surface area contributed by atoms with Gasteiger partial charge in [-0.25, -0.2) is 0 Å². The van der Waals surface area contributed by atoms with Crippen LogP contribution < -0.4 is 5.32 Å². The zero-order valence-corrected chi connectivity index (χ0v) is 12.8. The van der Waals surface area contributed by atoms with Crippen LogP contribution in [0.15, 0.2) is 0 Å². The summed E-state index contributed by atoms with van der Waals surface area (Å²) in [6, 6.07) is 0.462. The van der Waals surface area contributed by atoms with Crippen LogP contribution in [0.1, 0.15) is 60.3 Å². The Morgan fingerprint density at radius 2 is 2.11 bits per heavy atom. The molecule has 1 amide bonds. The third-order valence-electron chi connectivity index (χ3n) is 3.76. The predicted molar refractivity (Wildman–Crippen MR) is 76.6 cm³/mol. The Hall–Kier alpha value is -0.570. The molecular weight excluding hydrogens is 224 g/mol. The minimum atomic E-state index is -0.0433. The van der Waals surface area contributed by atoms with Crippen LogP contribution in [0.2, 0.25) is 0 Å². The second-order valence-corrected chi connectivity index (χ2v) is 6.63. The lowest BCUT2D eigenvalue weighted by atomic mass is 9.93. The zero-order valence-electron chi connectivity index (χ0n) is 12.8. The SMILES string of the molecule is CCCCC(=O)N1CC(CC(C)C)NCC1(C)C. The van der Waals surface area contributed by atoms with Crippen LogP contribution in [0.5, 0.6) is 0 Å². The van der Waals surface area contributed by atoms with Crippen LogP contribution >= 0.6 is 0 Å². The fourth-order valence-electron chi connectivity index (χ4n) is 2.65. The third-order valence-corrected chi connectivity index (χ3v) is 3.76. The first-order valence-electron chi connectivity index (χ1n) is 7.40. The van der Waals surface area contributed by atoms with E-state index in [4.69, 9.17) is 0 Å². The van der Waals surface area contributed by atoms with Gasteiger partial charge in [0.2, 0.25) is 5.91 Å². The van der Waals surface area contributed by atoms with Crippen LogP contribution in [-0.4, -0.2) is 35.5 Å². The van der Waals surface area contributed by atoms with Gasteiger partial charge in [-0.3, -0.25) is 4.79 Å². The molecule has 0 radical (unpaired) electrons. The van der Waals surface area contributed by atoms with Gasteiger partial charge in [0, 0.05) is 31.1 Å². The molecule has 1 saturated heterocycles. The van der Waals surface area contributed by atoms with Gasteiger partial charge in [0.05, 0.1) is 0 Å². The summed E-state index contributed by atoms with van der Waals surface area (Å²) in [4.78, 5) is 14.4. The lowest BCUT2D eigenvalue weighted by Gasteiger charge is -2.46. The van der Waals surface area contributed by atoms with Crippen molar-refractivity contribution in [2.75, 3.05) is 13.1 Å². The van der Waals surface area contributed by atoms with E-state index in [1.54, 1.807) is 0 Å². The molecule has 1 unspecified atom stereocenters. The van der Waals surface area contributed by atoms with Gasteiger partial charge in [-0.05, 0) is 32.6 Å². The molecule has 106 valence electrons. The topological polar surface area (TPSA) is 32.3 Å². The molecule has 1 aliphatic rings. The first-order chi connectivity index (χ1) is 8.36. The maximum Gasteiger partial charge on any atom is 0.223 e. The van der Waals surface area contributed by atoms with Crippen molar-refractivity contribution in [1.82, 2.24) is 10.2 Å². The smallest absolute Gasteiger partial charge is 0.223 e. The van der Waals surface area contributed by atoms with Crippen molar-refractivity contribution in [3.05, 3.63) is 0 Å². The first-order valence-corrected chi connectivity index (χ1v) is 7.40. The van der Waals surface area contributed by atoms with Crippen molar-refractivity contribution < 1.29 is 4.79 Å². The molecule has 0 aliphatic carbocycles. The van der Waals surface area contributed by atoms with Crippen LogP contribution in [-0.2, 0) is 4.79 Å². The molecule has 18 heavy (non-hydrogen) atoms. The van der Waals surface area contributed by atoms with E-state index >= 15 is 0 Å². The summed E-state index contributed by atoms with van der Waals surface area (Å²) in [5.74, 6) is 1.01. The van der Waals surface area contributed by atoms with Gasteiger partial charge in [0.1, 0.15) is 0 Å². The molecule has 3 nitrogen and oxygen atoms in total. The summed E-state index contributed by atoms with van der Waals surface area (Å²) in [5.41, 5.74) is -0.0433. The van der Waals surface area contributed by atoms with Crippen LogP contribution in [0.25, 0.3) is 0 Å². The second kappa shape index (κ2) is 6.55. The Labute approximate surface area is 112 Å². The molecule has 1 N–H and O–H groups in total. The molecule has 1 rings (SSSR count). The Morgan fingerprint density at radius 3 is 2.67 bits per heavy atom. The molecular formula is C15H30N2O. The van der Waals surface area contributed by atoms with Crippen molar-refractivity contribution >= 4 is 5.91 Å². The average molecular weight is 254 g/mol. The van der Waals surface area contributed by atoms with Gasteiger partial charge in [0.25, 0.3) is 0 Å². The maximum atomic E-state index is 12.3. The number of nitrogens with zero attached hydrogens (tertiary/aromatic N) is 1. The highest BCUT2D eigenvalue weighted by Gasteiger charge is 2.36. The molecule has 1 aliphatic heterocycles. The van der Waals surface area contributed by atoms with Crippen molar-refractivity contribution in [2.45, 2.75) is 71.9 Å². The molecule has 1 fully saturated rings. The van der Waals surface area contributed by atoms with Crippen molar-refractivity contribution in [3.63, 3.8) is 0 Å². The van der Waals surface area contributed by atoms with Crippen LogP contribution in [0.3, 0.4) is 0 Å². The molecule has 3 heteroatoms. The normalized spacial score (nSPS) is 23.4. The maximum absolute atomic E-state index is 12.3. The minimum absolute atomic E-state index is 0.0433. The molecule has 1 heterocycles. The number of piperazine rings is 1. The average Bonchev–Trinajstić information content (AvgIpc) is 2.27. The molecule has 1 atom stereocenters. The highest BCUT2D eigenvalue weighted by Crippen LogP contribution is 2.22. The lowest BCUT2D eigenvalue weighted by Crippen LogP contribution is -2.63. The monoisotopic (exact) mass is 254 g/mol. The number of carbonyl (C=O) groups is 1. The van der Waals surface area contributed by atoms with E-state index in [1.165, 1.54) is 0 Å². The van der Waals surface area contributed by atoms with E-state index in [0.717, 1.165) is 32.4 Å². The Bertz CT molecular complexity index is 274. The number of carbonyl (C=O) groups excluding carboxylic acids is 1. The number of nitrogens with one attached hydrogen (secondary N) is 1. The highest BCUT2D eigenvalue weighted by atomic mass is 16.2. The van der Waals surface area contributed by atoms with E-state index in [1.807, 2.05) is 0 Å². The molecule has 0 saturated carbocycles. The number of rotatable bonds is 5. The molecule has 0 bridgehead atoms. The van der Waals surface area contributed by atoms with Crippen molar-refractivity contribution in [1.29, 1.82) is 0 Å². The lowest BCUT2D eigenvalue weighted by molar-refractivity contribution is -0.139. The fraction of sp³-hybridized carbons (Fsp3) is 0.933. The highest BCUT2D eigenvalue weighted by molar-refractivity contribution is 5.77. The van der Waals surface area contributed by atoms with Gasteiger partial charge in [-0.2, -0.15) is 0 Å². The first kappa shape index (κ1) is 15.5. The summed E-state index contributed by atoms with van der Waals surface area (Å²) < 4.78 is 0. The number of hydrogen-bond donors (Lipinski definition) is 1. The quantitative estimate of drug-likeness (QED) is 0.818. The van der Waals surface area contributed by atoms with Crippen LogP contribution in [0.4, 0.5) is 0 Å². The van der Waals surface area contributed by atoms with Gasteiger partial charge in [-0.15, -0.1) is 0 Å². The summed E-state index contributed by atoms with van der Waals surface area (Å²) in [6.45, 7) is 12.7. The summed E-state index contributed by atoms with van der Waals surface area (Å²) >= 11 is 0. The standard InChI is InChI=1S/C15H30N2O/c1-6-7-8-14(18)17-10-13(9-12(2)3)16-11-15(17,4)5/h12-13,16H,6-11H2,1-5H3. The molecule has 0 aromatic rings.